The molecule has 0 atom stereocenters. The van der Waals surface area contributed by atoms with Crippen LogP contribution in [0.1, 0.15) is 33.6 Å². The first-order chi connectivity index (χ1) is 12.7. The van der Waals surface area contributed by atoms with Gasteiger partial charge in [0.1, 0.15) is 0 Å². The molecule has 26 heavy (non-hydrogen) atoms. The highest BCUT2D eigenvalue weighted by Crippen LogP contribution is 2.35. The van der Waals surface area contributed by atoms with Gasteiger partial charge in [0.15, 0.2) is 0 Å². The standard InChI is InChI=1S/C22H20N2O2/c25-21-18-9-5-7-16-14-15-6-1-2-8-17(15)20(19(16)18)22(26)24(21)13-12-23-10-3-4-11-23/h1-2,5-9,14H,3-4,10-13H2. The highest BCUT2D eigenvalue weighted by Gasteiger charge is 2.34. The van der Waals surface area contributed by atoms with E-state index >= 15 is 0 Å². The van der Waals surface area contributed by atoms with Crippen LogP contribution < -0.4 is 0 Å². The summed E-state index contributed by atoms with van der Waals surface area (Å²) in [6, 6.07) is 15.7. The summed E-state index contributed by atoms with van der Waals surface area (Å²) in [6.45, 7) is 3.33. The van der Waals surface area contributed by atoms with Crippen LogP contribution in [0.5, 0.6) is 0 Å². The van der Waals surface area contributed by atoms with Crippen molar-refractivity contribution in [2.24, 2.45) is 0 Å². The van der Waals surface area contributed by atoms with E-state index in [2.05, 4.69) is 11.0 Å². The Labute approximate surface area is 152 Å². The largest absolute Gasteiger partial charge is 0.302 e. The van der Waals surface area contributed by atoms with E-state index < -0.39 is 0 Å². The van der Waals surface area contributed by atoms with Gasteiger partial charge in [-0.3, -0.25) is 14.5 Å². The molecule has 0 spiro atoms. The number of rotatable bonds is 3. The Bertz CT molecular complexity index is 1050. The van der Waals surface area contributed by atoms with Crippen LogP contribution in [0.3, 0.4) is 0 Å². The van der Waals surface area contributed by atoms with Crippen LogP contribution >= 0.6 is 0 Å². The monoisotopic (exact) mass is 344 g/mol. The lowest BCUT2D eigenvalue weighted by atomic mass is 9.89. The van der Waals surface area contributed by atoms with Crippen LogP contribution in [-0.2, 0) is 0 Å². The molecule has 0 aromatic heterocycles. The van der Waals surface area contributed by atoms with E-state index in [1.165, 1.54) is 17.7 Å². The fraction of sp³-hybridized carbons (Fsp3) is 0.273. The van der Waals surface area contributed by atoms with Gasteiger partial charge in [0.2, 0.25) is 0 Å². The summed E-state index contributed by atoms with van der Waals surface area (Å²) in [4.78, 5) is 30.1. The Kier molecular flexibility index (Phi) is 3.54. The Balaban J connectivity index is 1.65. The normalized spacial score (nSPS) is 17.6. The number of hydrogen-bond acceptors (Lipinski definition) is 3. The summed E-state index contributed by atoms with van der Waals surface area (Å²) in [7, 11) is 0. The second-order valence-corrected chi connectivity index (χ2v) is 7.19. The third kappa shape index (κ3) is 2.26. The van der Waals surface area contributed by atoms with Crippen LogP contribution in [-0.4, -0.2) is 47.8 Å². The summed E-state index contributed by atoms with van der Waals surface area (Å²) >= 11 is 0. The van der Waals surface area contributed by atoms with Crippen LogP contribution in [0.25, 0.3) is 21.5 Å². The van der Waals surface area contributed by atoms with Gasteiger partial charge in [-0.25, -0.2) is 0 Å². The predicted molar refractivity (Wildman–Crippen MR) is 102 cm³/mol. The molecule has 1 saturated heterocycles. The third-order valence-electron chi connectivity index (χ3n) is 5.66. The van der Waals surface area contributed by atoms with E-state index in [1.54, 1.807) is 0 Å². The lowest BCUT2D eigenvalue weighted by Gasteiger charge is -2.29. The van der Waals surface area contributed by atoms with Gasteiger partial charge in [0, 0.05) is 24.0 Å². The number of hydrogen-bond donors (Lipinski definition) is 0. The van der Waals surface area contributed by atoms with Crippen molar-refractivity contribution in [1.82, 2.24) is 9.80 Å². The second kappa shape index (κ2) is 5.92. The van der Waals surface area contributed by atoms with Crippen molar-refractivity contribution in [3.05, 3.63) is 59.7 Å². The fourth-order valence-electron chi connectivity index (χ4n) is 4.35. The molecule has 3 aromatic rings. The van der Waals surface area contributed by atoms with E-state index in [9.17, 15) is 9.59 Å². The molecule has 5 rings (SSSR count). The van der Waals surface area contributed by atoms with E-state index in [0.29, 0.717) is 17.7 Å². The van der Waals surface area contributed by atoms with Gasteiger partial charge >= 0.3 is 0 Å². The molecule has 2 aliphatic heterocycles. The van der Waals surface area contributed by atoms with E-state index in [4.69, 9.17) is 0 Å². The van der Waals surface area contributed by atoms with Crippen LogP contribution in [0.4, 0.5) is 0 Å². The van der Waals surface area contributed by atoms with Crippen molar-refractivity contribution in [2.45, 2.75) is 12.8 Å². The lowest BCUT2D eigenvalue weighted by molar-refractivity contribution is 0.0598. The number of likely N-dealkylation sites (tertiary alicyclic amines) is 1. The van der Waals surface area contributed by atoms with Crippen molar-refractivity contribution in [3.63, 3.8) is 0 Å². The van der Waals surface area contributed by atoms with Crippen molar-refractivity contribution in [3.8, 4) is 0 Å². The fourth-order valence-corrected chi connectivity index (χ4v) is 4.35. The van der Waals surface area contributed by atoms with Crippen molar-refractivity contribution >= 4 is 33.4 Å². The molecular formula is C22H20N2O2. The minimum Gasteiger partial charge on any atom is -0.302 e. The minimum atomic E-state index is -0.164. The maximum absolute atomic E-state index is 13.3. The van der Waals surface area contributed by atoms with E-state index in [0.717, 1.165) is 41.2 Å². The van der Waals surface area contributed by atoms with Crippen molar-refractivity contribution in [1.29, 1.82) is 0 Å². The molecule has 3 aromatic carbocycles. The number of nitrogens with zero attached hydrogens (tertiary/aromatic N) is 2. The first kappa shape index (κ1) is 15.5. The van der Waals surface area contributed by atoms with Gasteiger partial charge in [-0.1, -0.05) is 36.4 Å². The topological polar surface area (TPSA) is 40.6 Å². The van der Waals surface area contributed by atoms with Gasteiger partial charge in [-0.05, 0) is 54.2 Å². The summed E-state index contributed by atoms with van der Waals surface area (Å²) in [6.07, 6.45) is 2.41. The van der Waals surface area contributed by atoms with Gasteiger partial charge in [-0.15, -0.1) is 0 Å². The van der Waals surface area contributed by atoms with E-state index in [1.807, 2.05) is 42.5 Å². The first-order valence-electron chi connectivity index (χ1n) is 9.27. The molecule has 0 unspecified atom stereocenters. The quantitative estimate of drug-likeness (QED) is 0.537. The number of carbonyl (C=O) groups excluding carboxylic acids is 2. The zero-order valence-electron chi connectivity index (χ0n) is 14.6. The summed E-state index contributed by atoms with van der Waals surface area (Å²) in [5.41, 5.74) is 1.32. The van der Waals surface area contributed by atoms with Crippen LogP contribution in [0.15, 0.2) is 48.5 Å². The Hall–Kier alpha value is -2.72. The van der Waals surface area contributed by atoms with Gasteiger partial charge in [-0.2, -0.15) is 0 Å². The molecule has 2 heterocycles. The molecule has 2 amide bonds. The molecule has 0 N–H and O–H groups in total. The second-order valence-electron chi connectivity index (χ2n) is 7.19. The summed E-state index contributed by atoms with van der Waals surface area (Å²) in [5, 5.41) is 3.72. The third-order valence-corrected chi connectivity index (χ3v) is 5.66. The molecule has 0 radical (unpaired) electrons. The molecule has 1 fully saturated rings. The molecule has 2 aliphatic rings. The smallest absolute Gasteiger partial charge is 0.262 e. The maximum Gasteiger partial charge on any atom is 0.262 e. The van der Waals surface area contributed by atoms with Gasteiger partial charge in [0.25, 0.3) is 11.8 Å². The SMILES string of the molecule is O=C1c2cccc3cc4ccccc4c(c23)C(=O)N1CCN1CCCC1. The highest BCUT2D eigenvalue weighted by atomic mass is 16.2. The molecule has 0 bridgehead atoms. The van der Waals surface area contributed by atoms with Gasteiger partial charge in [0.05, 0.1) is 5.56 Å². The zero-order chi connectivity index (χ0) is 17.7. The Morgan fingerprint density at radius 3 is 2.42 bits per heavy atom. The zero-order valence-corrected chi connectivity index (χ0v) is 14.6. The van der Waals surface area contributed by atoms with Crippen molar-refractivity contribution < 1.29 is 9.59 Å². The lowest BCUT2D eigenvalue weighted by Crippen LogP contribution is -2.44. The molecular weight excluding hydrogens is 324 g/mol. The Morgan fingerprint density at radius 1 is 0.808 bits per heavy atom. The Morgan fingerprint density at radius 2 is 1.58 bits per heavy atom. The molecule has 0 saturated carbocycles. The van der Waals surface area contributed by atoms with Crippen LogP contribution in [0, 0.1) is 0 Å². The highest BCUT2D eigenvalue weighted by molar-refractivity contribution is 6.30. The average Bonchev–Trinajstić information content (AvgIpc) is 3.18. The molecule has 130 valence electrons. The summed E-state index contributed by atoms with van der Waals surface area (Å²) in [5.74, 6) is -0.322. The molecule has 4 heteroatoms. The van der Waals surface area contributed by atoms with Gasteiger partial charge < -0.3 is 4.90 Å². The number of benzene rings is 3. The number of fused-ring (bicyclic) bond motifs is 2. The molecule has 0 aliphatic carbocycles. The number of carbonyl (C=O) groups is 2. The average molecular weight is 344 g/mol. The number of amides is 2. The summed E-state index contributed by atoms with van der Waals surface area (Å²) < 4.78 is 0. The van der Waals surface area contributed by atoms with Crippen molar-refractivity contribution in [2.75, 3.05) is 26.2 Å². The minimum absolute atomic E-state index is 0.158. The number of imide groups is 1. The predicted octanol–water partition coefficient (Wildman–Crippen LogP) is 3.68. The van der Waals surface area contributed by atoms with Crippen LogP contribution in [0.2, 0.25) is 0 Å². The molecule has 4 nitrogen and oxygen atoms in total. The van der Waals surface area contributed by atoms with E-state index in [-0.39, 0.29) is 11.8 Å². The maximum atomic E-state index is 13.3. The first-order valence-corrected chi connectivity index (χ1v) is 9.27.